The Labute approximate surface area is 82.8 Å². The predicted molar refractivity (Wildman–Crippen MR) is 59.7 cm³/mol. The van der Waals surface area contributed by atoms with Crippen LogP contribution in [0.2, 0.25) is 0 Å². The Bertz CT molecular complexity index is 132. The van der Waals surface area contributed by atoms with E-state index in [4.69, 9.17) is 5.73 Å². The molecule has 13 heavy (non-hydrogen) atoms. The van der Waals surface area contributed by atoms with Crippen LogP contribution in [-0.4, -0.2) is 31.6 Å². The quantitative estimate of drug-likeness (QED) is 0.611. The fraction of sp³-hybridized carbons (Fsp3) is 0.818. The van der Waals surface area contributed by atoms with Crippen LogP contribution in [0.15, 0.2) is 12.7 Å². The summed E-state index contributed by atoms with van der Waals surface area (Å²) in [5.41, 5.74) is 5.71. The van der Waals surface area contributed by atoms with Crippen molar-refractivity contribution in [1.29, 1.82) is 0 Å². The summed E-state index contributed by atoms with van der Waals surface area (Å²) in [6.45, 7) is 11.0. The second-order valence-corrected chi connectivity index (χ2v) is 4.24. The van der Waals surface area contributed by atoms with E-state index >= 15 is 0 Å². The van der Waals surface area contributed by atoms with Gasteiger partial charge in [-0.3, -0.25) is 0 Å². The first-order valence-electron chi connectivity index (χ1n) is 5.09. The minimum Gasteiger partial charge on any atom is -0.330 e. The van der Waals surface area contributed by atoms with Crippen LogP contribution in [0, 0.1) is 11.8 Å². The van der Waals surface area contributed by atoms with Crippen LogP contribution in [0.25, 0.3) is 0 Å². The fourth-order valence-electron chi connectivity index (χ4n) is 1.65. The predicted octanol–water partition coefficient (Wildman–Crippen LogP) is 1.73. The van der Waals surface area contributed by atoms with E-state index in [1.807, 2.05) is 6.08 Å². The van der Waals surface area contributed by atoms with Crippen LogP contribution in [-0.2, 0) is 0 Å². The molecule has 0 saturated carbocycles. The Morgan fingerprint density at radius 3 is 2.46 bits per heavy atom. The first-order chi connectivity index (χ1) is 6.10. The standard InChI is InChI=1S/C11H24N2/c1-5-6-13(4)9-11(8-12)7-10(2)3/h5,10-11H,1,6-9,12H2,2-4H3. The molecule has 0 saturated heterocycles. The van der Waals surface area contributed by atoms with Crippen molar-refractivity contribution in [2.24, 2.45) is 17.6 Å². The van der Waals surface area contributed by atoms with Gasteiger partial charge in [0.1, 0.15) is 0 Å². The van der Waals surface area contributed by atoms with Crippen molar-refractivity contribution in [1.82, 2.24) is 4.90 Å². The molecule has 0 heterocycles. The highest BCUT2D eigenvalue weighted by molar-refractivity contribution is 4.74. The van der Waals surface area contributed by atoms with E-state index in [1.165, 1.54) is 6.42 Å². The van der Waals surface area contributed by atoms with Crippen molar-refractivity contribution in [2.75, 3.05) is 26.7 Å². The molecule has 0 aliphatic carbocycles. The molecule has 0 radical (unpaired) electrons. The zero-order valence-electron chi connectivity index (χ0n) is 9.29. The highest BCUT2D eigenvalue weighted by atomic mass is 15.1. The third-order valence-corrected chi connectivity index (χ3v) is 2.15. The lowest BCUT2D eigenvalue weighted by Gasteiger charge is -2.23. The zero-order chi connectivity index (χ0) is 10.3. The smallest absolute Gasteiger partial charge is 0.0157 e. The van der Waals surface area contributed by atoms with Crippen molar-refractivity contribution in [3.63, 3.8) is 0 Å². The average Bonchev–Trinajstić information content (AvgIpc) is 2.02. The minimum absolute atomic E-state index is 0.630. The van der Waals surface area contributed by atoms with Crippen LogP contribution in [0.3, 0.4) is 0 Å². The number of nitrogens with two attached hydrogens (primary N) is 1. The number of likely N-dealkylation sites (N-methyl/N-ethyl adjacent to an activating group) is 1. The van der Waals surface area contributed by atoms with Crippen LogP contribution in [0.5, 0.6) is 0 Å². The van der Waals surface area contributed by atoms with Crippen molar-refractivity contribution < 1.29 is 0 Å². The Morgan fingerprint density at radius 1 is 1.46 bits per heavy atom. The molecule has 0 aromatic carbocycles. The van der Waals surface area contributed by atoms with E-state index in [1.54, 1.807) is 0 Å². The van der Waals surface area contributed by atoms with Gasteiger partial charge in [-0.15, -0.1) is 6.58 Å². The van der Waals surface area contributed by atoms with Crippen molar-refractivity contribution >= 4 is 0 Å². The first kappa shape index (κ1) is 12.7. The first-order valence-corrected chi connectivity index (χ1v) is 5.09. The van der Waals surface area contributed by atoms with Gasteiger partial charge in [-0.1, -0.05) is 19.9 Å². The van der Waals surface area contributed by atoms with Gasteiger partial charge in [0.15, 0.2) is 0 Å². The van der Waals surface area contributed by atoms with Crippen LogP contribution in [0.1, 0.15) is 20.3 Å². The number of hydrogen-bond donors (Lipinski definition) is 1. The maximum atomic E-state index is 5.71. The maximum Gasteiger partial charge on any atom is 0.0157 e. The van der Waals surface area contributed by atoms with Crippen molar-refractivity contribution in [3.8, 4) is 0 Å². The Morgan fingerprint density at radius 2 is 2.08 bits per heavy atom. The Hall–Kier alpha value is -0.340. The molecule has 78 valence electrons. The topological polar surface area (TPSA) is 29.3 Å². The van der Waals surface area contributed by atoms with Gasteiger partial charge < -0.3 is 10.6 Å². The second-order valence-electron chi connectivity index (χ2n) is 4.24. The van der Waals surface area contributed by atoms with E-state index in [0.717, 1.165) is 25.6 Å². The Balaban J connectivity index is 3.75. The molecular weight excluding hydrogens is 160 g/mol. The Kier molecular flexibility index (Phi) is 6.92. The largest absolute Gasteiger partial charge is 0.330 e. The van der Waals surface area contributed by atoms with E-state index < -0.39 is 0 Å². The molecule has 2 heteroatoms. The summed E-state index contributed by atoms with van der Waals surface area (Å²) >= 11 is 0. The lowest BCUT2D eigenvalue weighted by Crippen LogP contribution is -2.31. The van der Waals surface area contributed by atoms with Crippen molar-refractivity contribution in [2.45, 2.75) is 20.3 Å². The van der Waals surface area contributed by atoms with E-state index in [-0.39, 0.29) is 0 Å². The molecule has 0 bridgehead atoms. The highest BCUT2D eigenvalue weighted by Crippen LogP contribution is 2.11. The molecule has 0 aromatic rings. The van der Waals surface area contributed by atoms with E-state index in [9.17, 15) is 0 Å². The van der Waals surface area contributed by atoms with Gasteiger partial charge in [0.05, 0.1) is 0 Å². The second kappa shape index (κ2) is 7.10. The molecule has 2 nitrogen and oxygen atoms in total. The SMILES string of the molecule is C=CCN(C)CC(CN)CC(C)C. The summed E-state index contributed by atoms with van der Waals surface area (Å²) in [6, 6.07) is 0. The lowest BCUT2D eigenvalue weighted by molar-refractivity contribution is 0.275. The van der Waals surface area contributed by atoms with Crippen LogP contribution in [0.4, 0.5) is 0 Å². The molecule has 0 aliphatic heterocycles. The van der Waals surface area contributed by atoms with Gasteiger partial charge in [-0.05, 0) is 31.8 Å². The van der Waals surface area contributed by atoms with Gasteiger partial charge >= 0.3 is 0 Å². The van der Waals surface area contributed by atoms with E-state index in [2.05, 4.69) is 32.4 Å². The van der Waals surface area contributed by atoms with E-state index in [0.29, 0.717) is 5.92 Å². The average molecular weight is 184 g/mol. The number of rotatable bonds is 7. The highest BCUT2D eigenvalue weighted by Gasteiger charge is 2.10. The van der Waals surface area contributed by atoms with Gasteiger partial charge in [0, 0.05) is 13.1 Å². The molecule has 0 spiro atoms. The molecule has 0 aromatic heterocycles. The van der Waals surface area contributed by atoms with Crippen molar-refractivity contribution in [3.05, 3.63) is 12.7 Å². The summed E-state index contributed by atoms with van der Waals surface area (Å²) < 4.78 is 0. The van der Waals surface area contributed by atoms with Gasteiger partial charge in [-0.25, -0.2) is 0 Å². The third kappa shape index (κ3) is 6.79. The third-order valence-electron chi connectivity index (χ3n) is 2.15. The van der Waals surface area contributed by atoms with Gasteiger partial charge in [-0.2, -0.15) is 0 Å². The number of nitrogens with zero attached hydrogens (tertiary/aromatic N) is 1. The summed E-state index contributed by atoms with van der Waals surface area (Å²) in [4.78, 5) is 2.27. The van der Waals surface area contributed by atoms with Gasteiger partial charge in [0.2, 0.25) is 0 Å². The van der Waals surface area contributed by atoms with Crippen LogP contribution >= 0.6 is 0 Å². The number of hydrogen-bond acceptors (Lipinski definition) is 2. The minimum atomic E-state index is 0.630. The van der Waals surface area contributed by atoms with Crippen LogP contribution < -0.4 is 5.73 Å². The van der Waals surface area contributed by atoms with Gasteiger partial charge in [0.25, 0.3) is 0 Å². The summed E-state index contributed by atoms with van der Waals surface area (Å²) in [7, 11) is 2.12. The fourth-order valence-corrected chi connectivity index (χ4v) is 1.65. The maximum absolute atomic E-state index is 5.71. The molecule has 2 N–H and O–H groups in total. The molecule has 0 amide bonds. The molecule has 0 aliphatic rings. The monoisotopic (exact) mass is 184 g/mol. The normalized spacial score (nSPS) is 13.7. The molecular formula is C11H24N2. The summed E-state index contributed by atoms with van der Waals surface area (Å²) in [6.07, 6.45) is 3.15. The summed E-state index contributed by atoms with van der Waals surface area (Å²) in [5, 5.41) is 0. The lowest BCUT2D eigenvalue weighted by atomic mass is 9.97. The zero-order valence-corrected chi connectivity index (χ0v) is 9.29. The summed E-state index contributed by atoms with van der Waals surface area (Å²) in [5.74, 6) is 1.37. The molecule has 1 atom stereocenters. The molecule has 0 fully saturated rings. The molecule has 1 unspecified atom stereocenters. The molecule has 0 rings (SSSR count).